The molecule has 0 radical (unpaired) electrons. The van der Waals surface area contributed by atoms with E-state index in [1.165, 1.54) is 31.2 Å². The highest BCUT2D eigenvalue weighted by molar-refractivity contribution is 5.18. The molecule has 2 N–H and O–H groups in total. The predicted molar refractivity (Wildman–Crippen MR) is 70.6 cm³/mol. The molecule has 0 saturated heterocycles. The van der Waals surface area contributed by atoms with Gasteiger partial charge >= 0.3 is 0 Å². The van der Waals surface area contributed by atoms with Crippen molar-refractivity contribution in [2.75, 3.05) is 0 Å². The quantitative estimate of drug-likeness (QED) is 0.871. The van der Waals surface area contributed by atoms with Gasteiger partial charge in [0.05, 0.1) is 6.20 Å². The first-order valence-electron chi connectivity index (χ1n) is 6.99. The molecule has 17 heavy (non-hydrogen) atoms. The number of nitrogens with zero attached hydrogens (tertiary/aromatic N) is 2. The molecule has 1 heterocycles. The van der Waals surface area contributed by atoms with Gasteiger partial charge in [-0.05, 0) is 38.5 Å². The molecule has 1 aromatic heterocycles. The van der Waals surface area contributed by atoms with E-state index < -0.39 is 0 Å². The molecule has 1 fully saturated rings. The molecule has 3 nitrogen and oxygen atoms in total. The number of rotatable bonds is 4. The molecule has 0 aliphatic heterocycles. The highest BCUT2D eigenvalue weighted by Gasteiger charge is 2.33. The zero-order valence-electron chi connectivity index (χ0n) is 11.2. The van der Waals surface area contributed by atoms with Crippen LogP contribution in [0.15, 0.2) is 12.4 Å². The van der Waals surface area contributed by atoms with Crippen molar-refractivity contribution >= 4 is 0 Å². The summed E-state index contributed by atoms with van der Waals surface area (Å²) in [6.07, 6.45) is 11.5. The number of hydrogen-bond acceptors (Lipinski definition) is 2. The standard InChI is InChI=1S/C14H25N3/c1-3-5-12-6-8-14(15,9-7-12)13-10-16-17(4-2)11-13/h10-12H,3-9,15H2,1-2H3. The van der Waals surface area contributed by atoms with Crippen LogP contribution in [0.25, 0.3) is 0 Å². The van der Waals surface area contributed by atoms with Gasteiger partial charge in [0.25, 0.3) is 0 Å². The van der Waals surface area contributed by atoms with E-state index in [-0.39, 0.29) is 5.54 Å². The van der Waals surface area contributed by atoms with Gasteiger partial charge in [-0.15, -0.1) is 0 Å². The highest BCUT2D eigenvalue weighted by atomic mass is 15.3. The van der Waals surface area contributed by atoms with Crippen LogP contribution in [0.1, 0.15) is 57.9 Å². The van der Waals surface area contributed by atoms with Crippen LogP contribution in [0.2, 0.25) is 0 Å². The Hall–Kier alpha value is -0.830. The number of aryl methyl sites for hydroxylation is 1. The summed E-state index contributed by atoms with van der Waals surface area (Å²) < 4.78 is 1.97. The van der Waals surface area contributed by atoms with Crippen molar-refractivity contribution in [1.29, 1.82) is 0 Å². The summed E-state index contributed by atoms with van der Waals surface area (Å²) in [5.41, 5.74) is 7.67. The number of hydrogen-bond donors (Lipinski definition) is 1. The Morgan fingerprint density at radius 1 is 1.41 bits per heavy atom. The summed E-state index contributed by atoms with van der Waals surface area (Å²) in [6.45, 7) is 5.31. The summed E-state index contributed by atoms with van der Waals surface area (Å²) in [7, 11) is 0. The molecule has 0 bridgehead atoms. The molecular weight excluding hydrogens is 210 g/mol. The van der Waals surface area contributed by atoms with Crippen molar-refractivity contribution in [3.05, 3.63) is 18.0 Å². The van der Waals surface area contributed by atoms with Crippen LogP contribution in [0.4, 0.5) is 0 Å². The van der Waals surface area contributed by atoms with Gasteiger partial charge in [-0.1, -0.05) is 19.8 Å². The maximum absolute atomic E-state index is 6.55. The molecule has 0 amide bonds. The number of nitrogens with two attached hydrogens (primary N) is 1. The molecule has 1 aromatic rings. The Morgan fingerprint density at radius 2 is 2.12 bits per heavy atom. The van der Waals surface area contributed by atoms with Crippen molar-refractivity contribution in [3.63, 3.8) is 0 Å². The largest absolute Gasteiger partial charge is 0.321 e. The summed E-state index contributed by atoms with van der Waals surface area (Å²) in [5.74, 6) is 0.901. The van der Waals surface area contributed by atoms with E-state index in [0.717, 1.165) is 25.3 Å². The van der Waals surface area contributed by atoms with E-state index in [0.29, 0.717) is 0 Å². The van der Waals surface area contributed by atoms with Crippen molar-refractivity contribution in [1.82, 2.24) is 9.78 Å². The molecule has 1 aliphatic rings. The van der Waals surface area contributed by atoms with E-state index in [1.54, 1.807) is 0 Å². The fourth-order valence-corrected chi connectivity index (χ4v) is 2.97. The zero-order chi connectivity index (χ0) is 12.3. The van der Waals surface area contributed by atoms with Gasteiger partial charge in [-0.25, -0.2) is 0 Å². The van der Waals surface area contributed by atoms with Crippen LogP contribution < -0.4 is 5.73 Å². The summed E-state index contributed by atoms with van der Waals surface area (Å²) in [6, 6.07) is 0. The average molecular weight is 235 g/mol. The first kappa shape index (κ1) is 12.6. The van der Waals surface area contributed by atoms with Crippen molar-refractivity contribution in [3.8, 4) is 0 Å². The minimum atomic E-state index is -0.113. The second-order valence-corrected chi connectivity index (χ2v) is 5.47. The van der Waals surface area contributed by atoms with Crippen LogP contribution in [0.5, 0.6) is 0 Å². The topological polar surface area (TPSA) is 43.8 Å². The van der Waals surface area contributed by atoms with Crippen molar-refractivity contribution < 1.29 is 0 Å². The van der Waals surface area contributed by atoms with Crippen molar-refractivity contribution in [2.45, 2.75) is 64.5 Å². The molecule has 3 heteroatoms. The Morgan fingerprint density at radius 3 is 2.65 bits per heavy atom. The maximum atomic E-state index is 6.55. The van der Waals surface area contributed by atoms with Gasteiger partial charge in [-0.3, -0.25) is 4.68 Å². The first-order chi connectivity index (χ1) is 8.18. The summed E-state index contributed by atoms with van der Waals surface area (Å²) in [5, 5.41) is 4.35. The predicted octanol–water partition coefficient (Wildman–Crippen LogP) is 3.05. The molecule has 0 atom stereocenters. The van der Waals surface area contributed by atoms with Gasteiger partial charge in [0.2, 0.25) is 0 Å². The van der Waals surface area contributed by atoms with E-state index in [2.05, 4.69) is 25.1 Å². The lowest BCUT2D eigenvalue weighted by Crippen LogP contribution is -2.40. The lowest BCUT2D eigenvalue weighted by molar-refractivity contribution is 0.226. The first-order valence-corrected chi connectivity index (χ1v) is 6.99. The van der Waals surface area contributed by atoms with Crippen LogP contribution >= 0.6 is 0 Å². The Labute approximate surface area is 104 Å². The molecule has 0 unspecified atom stereocenters. The smallest absolute Gasteiger partial charge is 0.0540 e. The molecule has 96 valence electrons. The van der Waals surface area contributed by atoms with Gasteiger partial charge < -0.3 is 5.73 Å². The van der Waals surface area contributed by atoms with Gasteiger partial charge in [0.15, 0.2) is 0 Å². The maximum Gasteiger partial charge on any atom is 0.0540 e. The summed E-state index contributed by atoms with van der Waals surface area (Å²) in [4.78, 5) is 0. The van der Waals surface area contributed by atoms with E-state index >= 15 is 0 Å². The molecule has 1 aliphatic carbocycles. The molecule has 0 aromatic carbocycles. The third-order valence-electron chi connectivity index (χ3n) is 4.23. The van der Waals surface area contributed by atoms with Gasteiger partial charge in [0.1, 0.15) is 0 Å². The normalized spacial score (nSPS) is 29.5. The average Bonchev–Trinajstić information content (AvgIpc) is 2.82. The zero-order valence-corrected chi connectivity index (χ0v) is 11.2. The number of aromatic nitrogens is 2. The lowest BCUT2D eigenvalue weighted by atomic mass is 9.73. The van der Waals surface area contributed by atoms with Crippen molar-refractivity contribution in [2.24, 2.45) is 11.7 Å². The van der Waals surface area contributed by atoms with E-state index in [4.69, 9.17) is 5.73 Å². The minimum Gasteiger partial charge on any atom is -0.321 e. The molecule has 0 spiro atoms. The van der Waals surface area contributed by atoms with E-state index in [1.807, 2.05) is 10.9 Å². The highest BCUT2D eigenvalue weighted by Crippen LogP contribution is 2.38. The SMILES string of the molecule is CCCC1CCC(N)(c2cnn(CC)c2)CC1. The summed E-state index contributed by atoms with van der Waals surface area (Å²) >= 11 is 0. The van der Waals surface area contributed by atoms with Crippen LogP contribution in [0.3, 0.4) is 0 Å². The van der Waals surface area contributed by atoms with Gasteiger partial charge in [-0.2, -0.15) is 5.10 Å². The Bertz CT molecular complexity index is 348. The van der Waals surface area contributed by atoms with Crippen LogP contribution in [-0.2, 0) is 12.1 Å². The molecule has 1 saturated carbocycles. The molecular formula is C14H25N3. The van der Waals surface area contributed by atoms with Gasteiger partial charge in [0, 0.05) is 23.8 Å². The second kappa shape index (κ2) is 5.21. The van der Waals surface area contributed by atoms with Crippen LogP contribution in [-0.4, -0.2) is 9.78 Å². The Balaban J connectivity index is 2.01. The Kier molecular flexibility index (Phi) is 3.87. The van der Waals surface area contributed by atoms with E-state index in [9.17, 15) is 0 Å². The lowest BCUT2D eigenvalue weighted by Gasteiger charge is -2.36. The monoisotopic (exact) mass is 235 g/mol. The third-order valence-corrected chi connectivity index (χ3v) is 4.23. The molecule has 2 rings (SSSR count). The fraction of sp³-hybridized carbons (Fsp3) is 0.786. The fourth-order valence-electron chi connectivity index (χ4n) is 2.97. The minimum absolute atomic E-state index is 0.113. The third kappa shape index (κ3) is 2.71. The second-order valence-electron chi connectivity index (χ2n) is 5.47. The van der Waals surface area contributed by atoms with Crippen LogP contribution in [0, 0.1) is 5.92 Å².